The molecule has 0 aliphatic carbocycles. The second kappa shape index (κ2) is 14.8. The lowest BCUT2D eigenvalue weighted by Gasteiger charge is -2.39. The van der Waals surface area contributed by atoms with Crippen molar-refractivity contribution in [2.24, 2.45) is 0 Å². The van der Waals surface area contributed by atoms with Crippen LogP contribution in [0.4, 0.5) is 10.5 Å². The van der Waals surface area contributed by atoms with Gasteiger partial charge in [-0.05, 0) is 67.2 Å². The summed E-state index contributed by atoms with van der Waals surface area (Å²) in [5, 5.41) is 6.37. The topological polar surface area (TPSA) is 127 Å². The van der Waals surface area contributed by atoms with Gasteiger partial charge < -0.3 is 29.0 Å². The lowest BCUT2D eigenvalue weighted by molar-refractivity contribution is 0.0571. The maximum atomic E-state index is 14.4. The van der Waals surface area contributed by atoms with Crippen LogP contribution >= 0.6 is 0 Å². The zero-order valence-corrected chi connectivity index (χ0v) is 28.2. The standard InChI is InChI=1S/C37H41N5O7/c1-24-22-33(39-49-24)48-37(45)38-17-9-14-29(27-15-16-31(46-3)32(23-27)47-4)42-35(43)28-12-8-13-30(34(28)36(42)44)41-20-18-40(19-21-41)25(2)26-10-6-5-7-11-26/h5-8,10-13,15-16,22-23,25,29H,9,14,17-21H2,1-4H3,(H,38,45)/t25-,29-/m1/s1. The van der Waals surface area contributed by atoms with Crippen LogP contribution in [0.2, 0.25) is 0 Å². The normalized spacial score (nSPS) is 15.9. The molecule has 0 saturated carbocycles. The Morgan fingerprint density at radius 3 is 2.35 bits per heavy atom. The average molecular weight is 668 g/mol. The molecular weight excluding hydrogens is 626 g/mol. The molecule has 1 fully saturated rings. The Bertz CT molecular complexity index is 1800. The maximum Gasteiger partial charge on any atom is 0.414 e. The molecule has 3 aromatic carbocycles. The second-order valence-electron chi connectivity index (χ2n) is 12.2. The predicted octanol–water partition coefficient (Wildman–Crippen LogP) is 5.79. The van der Waals surface area contributed by atoms with E-state index in [1.807, 2.05) is 24.3 Å². The highest BCUT2D eigenvalue weighted by Crippen LogP contribution is 2.40. The molecule has 3 heterocycles. The third kappa shape index (κ3) is 7.09. The van der Waals surface area contributed by atoms with Crippen molar-refractivity contribution in [3.05, 3.63) is 101 Å². The number of methoxy groups -OCH3 is 2. The molecule has 256 valence electrons. The number of rotatable bonds is 12. The summed E-state index contributed by atoms with van der Waals surface area (Å²) in [7, 11) is 3.09. The number of carbonyl (C=O) groups excluding carboxylic acids is 3. The van der Waals surface area contributed by atoms with Crippen molar-refractivity contribution in [1.29, 1.82) is 0 Å². The van der Waals surface area contributed by atoms with Gasteiger partial charge in [-0.3, -0.25) is 19.4 Å². The molecule has 2 aliphatic heterocycles. The number of imide groups is 1. The molecule has 12 nitrogen and oxygen atoms in total. The van der Waals surface area contributed by atoms with E-state index < -0.39 is 12.1 Å². The number of carbonyl (C=O) groups is 3. The first kappa shape index (κ1) is 33.5. The Labute approximate surface area is 285 Å². The summed E-state index contributed by atoms with van der Waals surface area (Å²) in [6, 6.07) is 22.5. The number of hydrogen-bond acceptors (Lipinski definition) is 10. The fourth-order valence-corrected chi connectivity index (χ4v) is 6.64. The van der Waals surface area contributed by atoms with Crippen LogP contribution in [-0.2, 0) is 0 Å². The molecule has 6 rings (SSSR count). The number of fused-ring (bicyclic) bond motifs is 1. The van der Waals surface area contributed by atoms with Crippen molar-refractivity contribution < 1.29 is 33.1 Å². The first-order chi connectivity index (χ1) is 23.8. The van der Waals surface area contributed by atoms with E-state index in [4.69, 9.17) is 18.7 Å². The zero-order valence-electron chi connectivity index (χ0n) is 28.2. The summed E-state index contributed by atoms with van der Waals surface area (Å²) in [4.78, 5) is 46.8. The first-order valence-electron chi connectivity index (χ1n) is 16.4. The van der Waals surface area contributed by atoms with Gasteiger partial charge in [-0.1, -0.05) is 42.5 Å². The Balaban J connectivity index is 1.20. The summed E-state index contributed by atoms with van der Waals surface area (Å²) in [6.45, 7) is 7.25. The molecule has 12 heteroatoms. The molecule has 3 amide bonds. The molecule has 0 bridgehead atoms. The van der Waals surface area contributed by atoms with E-state index in [1.165, 1.54) is 23.6 Å². The van der Waals surface area contributed by atoms with Crippen molar-refractivity contribution in [2.75, 3.05) is 51.8 Å². The maximum absolute atomic E-state index is 14.4. The number of nitrogens with zero attached hydrogens (tertiary/aromatic N) is 4. The summed E-state index contributed by atoms with van der Waals surface area (Å²) >= 11 is 0. The van der Waals surface area contributed by atoms with Crippen LogP contribution in [0.15, 0.2) is 77.3 Å². The lowest BCUT2D eigenvalue weighted by atomic mass is 9.99. The zero-order chi connectivity index (χ0) is 34.5. The summed E-state index contributed by atoms with van der Waals surface area (Å²) < 4.78 is 21.1. The van der Waals surface area contributed by atoms with Gasteiger partial charge in [0.1, 0.15) is 5.76 Å². The SMILES string of the molecule is COc1ccc([C@@H](CCCNC(=O)Oc2cc(C)on2)N2C(=O)c3cccc(N4CCN([C@H](C)c5ccccc5)CC4)c3C2=O)cc1OC. The Hall–Kier alpha value is -5.36. The highest BCUT2D eigenvalue weighted by atomic mass is 16.6. The minimum atomic E-state index is -0.681. The quantitative estimate of drug-likeness (QED) is 0.147. The number of hydrogen-bond donors (Lipinski definition) is 1. The Morgan fingerprint density at radius 2 is 1.65 bits per heavy atom. The van der Waals surface area contributed by atoms with E-state index in [9.17, 15) is 14.4 Å². The molecule has 49 heavy (non-hydrogen) atoms. The van der Waals surface area contributed by atoms with Gasteiger partial charge in [0.2, 0.25) is 0 Å². The monoisotopic (exact) mass is 667 g/mol. The third-order valence-electron chi connectivity index (χ3n) is 9.24. The van der Waals surface area contributed by atoms with Crippen LogP contribution in [0.5, 0.6) is 17.4 Å². The molecule has 2 aliphatic rings. The molecule has 4 aromatic rings. The van der Waals surface area contributed by atoms with E-state index in [2.05, 4.69) is 51.5 Å². The third-order valence-corrected chi connectivity index (χ3v) is 9.24. The van der Waals surface area contributed by atoms with E-state index >= 15 is 0 Å². The number of anilines is 1. The fourth-order valence-electron chi connectivity index (χ4n) is 6.64. The smallest absolute Gasteiger partial charge is 0.414 e. The first-order valence-corrected chi connectivity index (χ1v) is 16.4. The Morgan fingerprint density at radius 1 is 0.898 bits per heavy atom. The van der Waals surface area contributed by atoms with Gasteiger partial charge in [0.15, 0.2) is 11.5 Å². The minimum absolute atomic E-state index is 0.0622. The fraction of sp³-hybridized carbons (Fsp3) is 0.351. The van der Waals surface area contributed by atoms with E-state index in [-0.39, 0.29) is 30.3 Å². The van der Waals surface area contributed by atoms with Gasteiger partial charge in [0.05, 0.1) is 37.1 Å². The molecule has 0 radical (unpaired) electrons. The number of amides is 3. The molecule has 1 aromatic heterocycles. The average Bonchev–Trinajstić information content (AvgIpc) is 3.66. The van der Waals surface area contributed by atoms with E-state index in [1.54, 1.807) is 32.2 Å². The number of aryl methyl sites for hydroxylation is 1. The molecule has 1 saturated heterocycles. The van der Waals surface area contributed by atoms with E-state index in [0.717, 1.165) is 31.9 Å². The number of benzene rings is 3. The van der Waals surface area contributed by atoms with Crippen molar-refractivity contribution in [2.45, 2.75) is 38.8 Å². The molecular formula is C37H41N5O7. The highest BCUT2D eigenvalue weighted by Gasteiger charge is 2.43. The largest absolute Gasteiger partial charge is 0.493 e. The van der Waals surface area contributed by atoms with Crippen LogP contribution in [0.3, 0.4) is 0 Å². The van der Waals surface area contributed by atoms with Crippen LogP contribution in [0.1, 0.15) is 69.5 Å². The highest BCUT2D eigenvalue weighted by molar-refractivity contribution is 6.24. The van der Waals surface area contributed by atoms with Gasteiger partial charge in [-0.25, -0.2) is 4.79 Å². The number of nitrogens with one attached hydrogen (secondary N) is 1. The van der Waals surface area contributed by atoms with Crippen LogP contribution < -0.4 is 24.4 Å². The number of ether oxygens (including phenoxy) is 3. The van der Waals surface area contributed by atoms with Gasteiger partial charge in [0.25, 0.3) is 17.7 Å². The van der Waals surface area contributed by atoms with Crippen molar-refractivity contribution >= 4 is 23.6 Å². The molecule has 0 spiro atoms. The second-order valence-corrected chi connectivity index (χ2v) is 12.2. The van der Waals surface area contributed by atoms with Gasteiger partial charge in [-0.2, -0.15) is 0 Å². The van der Waals surface area contributed by atoms with Gasteiger partial charge in [-0.15, -0.1) is 0 Å². The van der Waals surface area contributed by atoms with Crippen LogP contribution in [0.25, 0.3) is 0 Å². The van der Waals surface area contributed by atoms with E-state index in [0.29, 0.717) is 46.8 Å². The van der Waals surface area contributed by atoms with Gasteiger partial charge >= 0.3 is 6.09 Å². The van der Waals surface area contributed by atoms with Crippen LogP contribution in [0, 0.1) is 6.92 Å². The molecule has 2 atom stereocenters. The molecule has 0 unspecified atom stereocenters. The summed E-state index contributed by atoms with van der Waals surface area (Å²) in [5.41, 5.74) is 3.55. The number of piperazine rings is 1. The minimum Gasteiger partial charge on any atom is -0.493 e. The predicted molar refractivity (Wildman–Crippen MR) is 182 cm³/mol. The Kier molecular flexibility index (Phi) is 10.1. The van der Waals surface area contributed by atoms with Crippen molar-refractivity contribution in [1.82, 2.24) is 20.3 Å². The van der Waals surface area contributed by atoms with Crippen LogP contribution in [-0.4, -0.2) is 79.8 Å². The molecule has 1 N–H and O–H groups in total. The summed E-state index contributed by atoms with van der Waals surface area (Å²) in [5.74, 6) is 0.894. The van der Waals surface area contributed by atoms with Crippen molar-refractivity contribution in [3.8, 4) is 17.4 Å². The van der Waals surface area contributed by atoms with Gasteiger partial charge in [0, 0.05) is 44.8 Å². The number of aromatic nitrogens is 1. The van der Waals surface area contributed by atoms with Crippen molar-refractivity contribution in [3.63, 3.8) is 0 Å². The lowest BCUT2D eigenvalue weighted by Crippen LogP contribution is -2.47. The summed E-state index contributed by atoms with van der Waals surface area (Å²) in [6.07, 6.45) is 0.128.